The second-order valence-corrected chi connectivity index (χ2v) is 7.98. The van der Waals surface area contributed by atoms with Crippen LogP contribution in [0, 0.1) is 5.82 Å². The van der Waals surface area contributed by atoms with Gasteiger partial charge in [-0.25, -0.2) is 9.38 Å². The van der Waals surface area contributed by atoms with Crippen molar-refractivity contribution >= 4 is 40.1 Å². The lowest BCUT2D eigenvalue weighted by molar-refractivity contribution is -0.129. The number of nitrogens with one attached hydrogen (secondary N) is 1. The molecular formula is C23H24FN3O3S. The van der Waals surface area contributed by atoms with Crippen LogP contribution in [0.15, 0.2) is 66.2 Å². The number of nitrogens with zero attached hydrogens (tertiary/aromatic N) is 2. The highest BCUT2D eigenvalue weighted by Gasteiger charge is 2.35. The summed E-state index contributed by atoms with van der Waals surface area (Å²) < 4.78 is 19.6. The lowest BCUT2D eigenvalue weighted by atomic mass is 10.2. The van der Waals surface area contributed by atoms with Gasteiger partial charge in [-0.05, 0) is 42.8 Å². The van der Waals surface area contributed by atoms with Crippen LogP contribution >= 0.6 is 11.8 Å². The van der Waals surface area contributed by atoms with Crippen molar-refractivity contribution in [1.82, 2.24) is 4.90 Å². The number of anilines is 1. The Morgan fingerprint density at radius 1 is 1.32 bits per heavy atom. The summed E-state index contributed by atoms with van der Waals surface area (Å²) in [5.74, 6) is -0.364. The number of ether oxygens (including phenoxy) is 1. The summed E-state index contributed by atoms with van der Waals surface area (Å²) in [5, 5.41) is 2.41. The van der Waals surface area contributed by atoms with E-state index < -0.39 is 11.1 Å². The summed E-state index contributed by atoms with van der Waals surface area (Å²) in [6.45, 7) is 6.54. The lowest BCUT2D eigenvalue weighted by Gasteiger charge is -2.31. The van der Waals surface area contributed by atoms with Crippen LogP contribution in [0.3, 0.4) is 0 Å². The summed E-state index contributed by atoms with van der Waals surface area (Å²) in [6, 6.07) is 13.1. The van der Waals surface area contributed by atoms with Crippen molar-refractivity contribution in [2.45, 2.75) is 25.0 Å². The molecule has 8 heteroatoms. The molecule has 1 N–H and O–H groups in total. The number of amides is 2. The number of carbonyl (C=O) groups excluding carboxylic acids is 2. The zero-order valence-electron chi connectivity index (χ0n) is 17.2. The topological polar surface area (TPSA) is 71.0 Å². The number of carbonyl (C=O) groups is 2. The van der Waals surface area contributed by atoms with Gasteiger partial charge in [0.25, 0.3) is 0 Å². The first-order valence-corrected chi connectivity index (χ1v) is 10.8. The maximum atomic E-state index is 14.1. The predicted molar refractivity (Wildman–Crippen MR) is 122 cm³/mol. The van der Waals surface area contributed by atoms with Crippen LogP contribution in [0.25, 0.3) is 0 Å². The molecule has 1 aliphatic rings. The molecule has 1 unspecified atom stereocenters. The van der Waals surface area contributed by atoms with Crippen LogP contribution < -0.4 is 10.1 Å². The van der Waals surface area contributed by atoms with Crippen molar-refractivity contribution in [1.29, 1.82) is 0 Å². The highest BCUT2D eigenvalue weighted by Crippen LogP contribution is 2.30. The molecule has 3 rings (SSSR count). The Bertz CT molecular complexity index is 978. The van der Waals surface area contributed by atoms with Crippen molar-refractivity contribution < 1.29 is 18.7 Å². The summed E-state index contributed by atoms with van der Waals surface area (Å²) in [6.07, 6.45) is 2.49. The van der Waals surface area contributed by atoms with E-state index in [1.165, 1.54) is 17.0 Å². The predicted octanol–water partition coefficient (Wildman–Crippen LogP) is 4.76. The molecule has 0 radical (unpaired) electrons. The van der Waals surface area contributed by atoms with Gasteiger partial charge in [-0.3, -0.25) is 14.5 Å². The van der Waals surface area contributed by atoms with E-state index >= 15 is 0 Å². The minimum absolute atomic E-state index is 0.0122. The molecule has 1 saturated heterocycles. The second kappa shape index (κ2) is 10.8. The SMILES string of the molecule is C=CCN1C(=O)CC(C(=O)Nc2ccc(OCCC)cc2)SC1=Nc1ccccc1F. The molecule has 1 heterocycles. The Hall–Kier alpha value is -3.13. The number of hydrogen-bond acceptors (Lipinski definition) is 5. The first kappa shape index (κ1) is 22.6. The minimum atomic E-state index is -0.685. The zero-order chi connectivity index (χ0) is 22.2. The normalized spacial score (nSPS) is 17.5. The van der Waals surface area contributed by atoms with E-state index in [1.54, 1.807) is 42.5 Å². The molecule has 6 nitrogen and oxygen atoms in total. The van der Waals surface area contributed by atoms with E-state index in [-0.39, 0.29) is 35.6 Å². The average molecular weight is 442 g/mol. The number of thioether (sulfide) groups is 1. The van der Waals surface area contributed by atoms with E-state index in [0.29, 0.717) is 12.3 Å². The molecule has 0 saturated carbocycles. The maximum Gasteiger partial charge on any atom is 0.238 e. The summed E-state index contributed by atoms with van der Waals surface area (Å²) in [5.41, 5.74) is 0.707. The molecule has 0 aliphatic carbocycles. The number of benzene rings is 2. The van der Waals surface area contributed by atoms with Crippen LogP contribution in [0.4, 0.5) is 15.8 Å². The molecule has 0 aromatic heterocycles. The van der Waals surface area contributed by atoms with Crippen molar-refractivity contribution in [2.24, 2.45) is 4.99 Å². The fourth-order valence-corrected chi connectivity index (χ4v) is 3.97. The Balaban J connectivity index is 1.75. The molecule has 1 fully saturated rings. The number of aliphatic imine (C=N–C) groups is 1. The van der Waals surface area contributed by atoms with E-state index in [1.807, 2.05) is 6.92 Å². The molecule has 0 bridgehead atoms. The smallest absolute Gasteiger partial charge is 0.238 e. The fourth-order valence-electron chi connectivity index (χ4n) is 2.87. The summed E-state index contributed by atoms with van der Waals surface area (Å²) >= 11 is 1.13. The Morgan fingerprint density at radius 2 is 2.06 bits per heavy atom. The van der Waals surface area contributed by atoms with Gasteiger partial charge >= 0.3 is 0 Å². The van der Waals surface area contributed by atoms with Crippen molar-refractivity contribution in [3.8, 4) is 5.75 Å². The highest BCUT2D eigenvalue weighted by atomic mass is 32.2. The van der Waals surface area contributed by atoms with E-state index in [2.05, 4.69) is 16.9 Å². The van der Waals surface area contributed by atoms with Gasteiger partial charge < -0.3 is 10.1 Å². The third-order valence-electron chi connectivity index (χ3n) is 4.41. The fraction of sp³-hybridized carbons (Fsp3) is 0.261. The van der Waals surface area contributed by atoms with Crippen LogP contribution in [0.2, 0.25) is 0 Å². The molecule has 2 amide bonds. The summed E-state index contributed by atoms with van der Waals surface area (Å²) in [4.78, 5) is 31.2. The van der Waals surface area contributed by atoms with E-state index in [4.69, 9.17) is 4.74 Å². The number of amidine groups is 1. The number of halogens is 1. The van der Waals surface area contributed by atoms with Crippen LogP contribution in [0.1, 0.15) is 19.8 Å². The van der Waals surface area contributed by atoms with Gasteiger partial charge in [-0.2, -0.15) is 0 Å². The minimum Gasteiger partial charge on any atom is -0.494 e. The van der Waals surface area contributed by atoms with Gasteiger partial charge in [0, 0.05) is 18.7 Å². The molecule has 0 spiro atoms. The monoisotopic (exact) mass is 441 g/mol. The third-order valence-corrected chi connectivity index (χ3v) is 5.59. The molecule has 31 heavy (non-hydrogen) atoms. The second-order valence-electron chi connectivity index (χ2n) is 6.81. The molecular weight excluding hydrogens is 417 g/mol. The van der Waals surface area contributed by atoms with Gasteiger partial charge in [0.2, 0.25) is 11.8 Å². The quantitative estimate of drug-likeness (QED) is 0.600. The number of hydrogen-bond donors (Lipinski definition) is 1. The highest BCUT2D eigenvalue weighted by molar-refractivity contribution is 8.15. The Labute approximate surface area is 185 Å². The van der Waals surface area contributed by atoms with Crippen molar-refractivity contribution in [2.75, 3.05) is 18.5 Å². The molecule has 2 aromatic carbocycles. The standard InChI is InChI=1S/C23H24FN3O3S/c1-3-13-27-21(28)15-20(31-23(27)26-19-8-6-5-7-18(19)24)22(29)25-16-9-11-17(12-10-16)30-14-4-2/h3,5-12,20H,1,4,13-15H2,2H3,(H,25,29). The molecule has 2 aromatic rings. The van der Waals surface area contributed by atoms with Crippen LogP contribution in [-0.2, 0) is 9.59 Å². The van der Waals surface area contributed by atoms with Crippen LogP contribution in [-0.4, -0.2) is 40.3 Å². The summed E-state index contributed by atoms with van der Waals surface area (Å²) in [7, 11) is 0. The van der Waals surface area contributed by atoms with Gasteiger partial charge in [-0.1, -0.05) is 36.9 Å². The first-order chi connectivity index (χ1) is 15.0. The van der Waals surface area contributed by atoms with E-state index in [0.717, 1.165) is 23.9 Å². The van der Waals surface area contributed by atoms with Gasteiger partial charge in [0.15, 0.2) is 5.17 Å². The molecule has 162 valence electrons. The molecule has 1 atom stereocenters. The maximum absolute atomic E-state index is 14.1. The molecule has 1 aliphatic heterocycles. The third kappa shape index (κ3) is 5.95. The van der Waals surface area contributed by atoms with Crippen LogP contribution in [0.5, 0.6) is 5.75 Å². The Kier molecular flexibility index (Phi) is 7.83. The van der Waals surface area contributed by atoms with Crippen molar-refractivity contribution in [3.05, 3.63) is 67.0 Å². The van der Waals surface area contributed by atoms with Gasteiger partial charge in [0.1, 0.15) is 22.5 Å². The zero-order valence-corrected chi connectivity index (χ0v) is 18.0. The van der Waals surface area contributed by atoms with E-state index in [9.17, 15) is 14.0 Å². The first-order valence-electron chi connectivity index (χ1n) is 9.96. The van der Waals surface area contributed by atoms with Crippen molar-refractivity contribution in [3.63, 3.8) is 0 Å². The van der Waals surface area contributed by atoms with Gasteiger partial charge in [-0.15, -0.1) is 6.58 Å². The Morgan fingerprint density at radius 3 is 2.74 bits per heavy atom. The lowest BCUT2D eigenvalue weighted by Crippen LogP contribution is -2.45. The largest absolute Gasteiger partial charge is 0.494 e. The number of rotatable bonds is 8. The number of para-hydroxylation sites is 1. The average Bonchev–Trinajstić information content (AvgIpc) is 2.77. The van der Waals surface area contributed by atoms with Gasteiger partial charge in [0.05, 0.1) is 6.61 Å².